The van der Waals surface area contributed by atoms with Crippen molar-refractivity contribution in [3.63, 3.8) is 0 Å². The molecule has 3 rings (SSSR count). The molecule has 0 radical (unpaired) electrons. The van der Waals surface area contributed by atoms with Gasteiger partial charge in [0.1, 0.15) is 5.52 Å². The lowest BCUT2D eigenvalue weighted by atomic mass is 10.2. The van der Waals surface area contributed by atoms with E-state index < -0.39 is 5.91 Å². The number of aryl methyl sites for hydroxylation is 1. The second-order valence-corrected chi connectivity index (χ2v) is 7.50. The van der Waals surface area contributed by atoms with Crippen LogP contribution in [0.25, 0.3) is 10.9 Å². The van der Waals surface area contributed by atoms with Crippen molar-refractivity contribution in [3.05, 3.63) is 33.9 Å². The molecule has 1 aromatic carbocycles. The van der Waals surface area contributed by atoms with Crippen LogP contribution in [0.15, 0.2) is 18.2 Å². The van der Waals surface area contributed by atoms with Crippen LogP contribution in [0.4, 0.5) is 4.79 Å². The van der Waals surface area contributed by atoms with Crippen molar-refractivity contribution in [1.29, 1.82) is 0 Å². The number of imide groups is 1. The molecule has 0 saturated carbocycles. The largest absolute Gasteiger partial charge is 0.480 e. The average Bonchev–Trinajstić information content (AvgIpc) is 2.93. The van der Waals surface area contributed by atoms with Gasteiger partial charge >= 0.3 is 0 Å². The molecule has 0 aliphatic carbocycles. The molecule has 142 valence electrons. The van der Waals surface area contributed by atoms with Gasteiger partial charge in [-0.25, -0.2) is 4.98 Å². The molecule has 0 spiro atoms. The summed E-state index contributed by atoms with van der Waals surface area (Å²) in [5, 5.41) is 3.67. The second-order valence-electron chi connectivity index (χ2n) is 5.76. The number of nitrogens with zero attached hydrogens (tertiary/aromatic N) is 2. The van der Waals surface area contributed by atoms with Gasteiger partial charge in [-0.05, 0) is 25.1 Å². The SMILES string of the molecule is Cc1ccc2c(Cl)cc(Cl)c(OCC(=O)NCCN3C(=O)CSC3=O)c2n1. The second kappa shape index (κ2) is 8.33. The molecular formula is C17H15Cl2N3O4S. The average molecular weight is 428 g/mol. The minimum Gasteiger partial charge on any atom is -0.480 e. The summed E-state index contributed by atoms with van der Waals surface area (Å²) in [4.78, 5) is 40.5. The first-order chi connectivity index (χ1) is 12.9. The predicted molar refractivity (Wildman–Crippen MR) is 105 cm³/mol. The van der Waals surface area contributed by atoms with Gasteiger partial charge in [0.15, 0.2) is 12.4 Å². The standard InChI is InChI=1S/C17H15Cl2N3O4S/c1-9-2-3-10-11(18)6-12(19)16(15(10)21-9)26-7-13(23)20-4-5-22-14(24)8-27-17(22)25/h2-3,6H,4-5,7-8H2,1H3,(H,20,23). The quantitative estimate of drug-likeness (QED) is 0.761. The summed E-state index contributed by atoms with van der Waals surface area (Å²) in [6, 6.07) is 5.17. The van der Waals surface area contributed by atoms with Crippen LogP contribution in [0, 0.1) is 6.92 Å². The number of thioether (sulfide) groups is 1. The fraction of sp³-hybridized carbons (Fsp3) is 0.294. The molecule has 2 heterocycles. The number of benzene rings is 1. The molecule has 0 bridgehead atoms. The van der Waals surface area contributed by atoms with E-state index in [1.807, 2.05) is 19.1 Å². The van der Waals surface area contributed by atoms with Crippen LogP contribution in [-0.4, -0.2) is 52.4 Å². The van der Waals surface area contributed by atoms with Crippen LogP contribution in [0.2, 0.25) is 10.0 Å². The number of amides is 3. The smallest absolute Gasteiger partial charge is 0.288 e. The van der Waals surface area contributed by atoms with Crippen molar-refractivity contribution in [1.82, 2.24) is 15.2 Å². The lowest BCUT2D eigenvalue weighted by Crippen LogP contribution is -2.39. The van der Waals surface area contributed by atoms with Crippen molar-refractivity contribution in [3.8, 4) is 5.75 Å². The molecule has 0 unspecified atom stereocenters. The van der Waals surface area contributed by atoms with E-state index in [0.717, 1.165) is 22.4 Å². The molecule has 7 nitrogen and oxygen atoms in total. The highest BCUT2D eigenvalue weighted by Gasteiger charge is 2.29. The zero-order chi connectivity index (χ0) is 19.6. The molecular weight excluding hydrogens is 413 g/mol. The number of hydrogen-bond donors (Lipinski definition) is 1. The molecule has 1 saturated heterocycles. The van der Waals surface area contributed by atoms with Crippen molar-refractivity contribution in [2.45, 2.75) is 6.92 Å². The number of hydrogen-bond acceptors (Lipinski definition) is 6. The van der Waals surface area contributed by atoms with Crippen molar-refractivity contribution in [2.75, 3.05) is 25.4 Å². The number of carbonyl (C=O) groups is 3. The van der Waals surface area contributed by atoms with Gasteiger partial charge in [-0.2, -0.15) is 0 Å². The van der Waals surface area contributed by atoms with E-state index in [-0.39, 0.29) is 47.4 Å². The number of fused-ring (bicyclic) bond motifs is 1. The number of rotatable bonds is 6. The molecule has 1 aromatic heterocycles. The highest BCUT2D eigenvalue weighted by Crippen LogP contribution is 2.37. The molecule has 1 aliphatic heterocycles. The van der Waals surface area contributed by atoms with E-state index in [0.29, 0.717) is 15.9 Å². The summed E-state index contributed by atoms with van der Waals surface area (Å²) >= 11 is 13.3. The van der Waals surface area contributed by atoms with E-state index in [9.17, 15) is 14.4 Å². The molecule has 2 aromatic rings. The van der Waals surface area contributed by atoms with E-state index in [1.165, 1.54) is 6.07 Å². The van der Waals surface area contributed by atoms with Crippen LogP contribution >= 0.6 is 35.0 Å². The highest BCUT2D eigenvalue weighted by atomic mass is 35.5. The molecule has 1 aliphatic rings. The van der Waals surface area contributed by atoms with Gasteiger partial charge in [-0.3, -0.25) is 19.3 Å². The minimum absolute atomic E-state index is 0.127. The van der Waals surface area contributed by atoms with Crippen LogP contribution in [0.1, 0.15) is 5.69 Å². The van der Waals surface area contributed by atoms with Gasteiger partial charge in [0.2, 0.25) is 5.91 Å². The third kappa shape index (κ3) is 4.45. The molecule has 1 N–H and O–H groups in total. The Labute approximate surface area is 169 Å². The van der Waals surface area contributed by atoms with Gasteiger partial charge in [0.05, 0.1) is 15.8 Å². The lowest BCUT2D eigenvalue weighted by molar-refractivity contribution is -0.126. The van der Waals surface area contributed by atoms with Gasteiger partial charge in [-0.15, -0.1) is 0 Å². The third-order valence-electron chi connectivity index (χ3n) is 3.82. The normalized spacial score (nSPS) is 14.1. The predicted octanol–water partition coefficient (Wildman–Crippen LogP) is 3.04. The number of halogens is 2. The highest BCUT2D eigenvalue weighted by molar-refractivity contribution is 8.14. The van der Waals surface area contributed by atoms with Gasteiger partial charge in [-0.1, -0.05) is 35.0 Å². The molecule has 0 atom stereocenters. The van der Waals surface area contributed by atoms with Crippen molar-refractivity contribution in [2.24, 2.45) is 0 Å². The van der Waals surface area contributed by atoms with Crippen molar-refractivity contribution < 1.29 is 19.1 Å². The summed E-state index contributed by atoms with van der Waals surface area (Å²) < 4.78 is 5.57. The topological polar surface area (TPSA) is 88.6 Å². The summed E-state index contributed by atoms with van der Waals surface area (Å²) in [5.41, 5.74) is 1.23. The Morgan fingerprint density at radius 2 is 2.11 bits per heavy atom. The van der Waals surface area contributed by atoms with E-state index in [4.69, 9.17) is 27.9 Å². The number of pyridine rings is 1. The first kappa shape index (κ1) is 19.7. The maximum Gasteiger partial charge on any atom is 0.288 e. The minimum atomic E-state index is -0.409. The fourth-order valence-corrected chi connectivity index (χ4v) is 3.84. The lowest BCUT2D eigenvalue weighted by Gasteiger charge is -2.14. The number of aromatic nitrogens is 1. The Kier molecular flexibility index (Phi) is 6.08. The van der Waals surface area contributed by atoms with Crippen LogP contribution in [0.3, 0.4) is 0 Å². The van der Waals surface area contributed by atoms with Gasteiger partial charge < -0.3 is 10.1 Å². The molecule has 10 heteroatoms. The van der Waals surface area contributed by atoms with Crippen molar-refractivity contribution >= 4 is 62.9 Å². The molecule has 27 heavy (non-hydrogen) atoms. The van der Waals surface area contributed by atoms with Crippen LogP contribution in [-0.2, 0) is 9.59 Å². The Morgan fingerprint density at radius 1 is 1.33 bits per heavy atom. The Balaban J connectivity index is 1.61. The molecule has 1 fully saturated rings. The summed E-state index contributed by atoms with van der Waals surface area (Å²) in [6.45, 7) is 1.81. The summed E-state index contributed by atoms with van der Waals surface area (Å²) in [7, 11) is 0. The number of nitrogens with one attached hydrogen (secondary N) is 1. The zero-order valence-corrected chi connectivity index (χ0v) is 16.6. The van der Waals surface area contributed by atoms with Crippen LogP contribution < -0.4 is 10.1 Å². The van der Waals surface area contributed by atoms with E-state index in [1.54, 1.807) is 0 Å². The first-order valence-corrected chi connectivity index (χ1v) is 9.73. The third-order valence-corrected chi connectivity index (χ3v) is 5.28. The van der Waals surface area contributed by atoms with Gasteiger partial charge in [0, 0.05) is 24.2 Å². The van der Waals surface area contributed by atoms with Crippen LogP contribution in [0.5, 0.6) is 5.75 Å². The summed E-state index contributed by atoms with van der Waals surface area (Å²) in [5.74, 6) is -0.245. The first-order valence-electron chi connectivity index (χ1n) is 7.99. The van der Waals surface area contributed by atoms with E-state index >= 15 is 0 Å². The number of carbonyl (C=O) groups excluding carboxylic acids is 3. The monoisotopic (exact) mass is 427 g/mol. The Morgan fingerprint density at radius 3 is 2.81 bits per heavy atom. The van der Waals surface area contributed by atoms with E-state index in [2.05, 4.69) is 10.3 Å². The fourth-order valence-electron chi connectivity index (χ4n) is 2.52. The maximum absolute atomic E-state index is 12.0. The number of ether oxygens (including phenoxy) is 1. The van der Waals surface area contributed by atoms with Gasteiger partial charge in [0.25, 0.3) is 11.1 Å². The Hall–Kier alpha value is -2.03. The Bertz CT molecular complexity index is 922. The summed E-state index contributed by atoms with van der Waals surface area (Å²) in [6.07, 6.45) is 0. The maximum atomic E-state index is 12.0. The zero-order valence-electron chi connectivity index (χ0n) is 14.3. The molecule has 3 amide bonds.